The highest BCUT2D eigenvalue weighted by atomic mass is 35.5. The maximum atomic E-state index is 6.42. The number of hydrogen-bond donors (Lipinski definition) is 1. The molecule has 2 aromatic carbocycles. The van der Waals surface area contributed by atoms with Gasteiger partial charge in [-0.15, -0.1) is 5.10 Å². The van der Waals surface area contributed by atoms with E-state index in [9.17, 15) is 0 Å². The van der Waals surface area contributed by atoms with Crippen molar-refractivity contribution < 1.29 is 4.74 Å². The third-order valence-corrected chi connectivity index (χ3v) is 6.99. The minimum Gasteiger partial charge on any atom is -0.497 e. The molecule has 1 N–H and O–H groups in total. The van der Waals surface area contributed by atoms with Crippen LogP contribution in [0.3, 0.4) is 0 Å². The molecule has 0 unspecified atom stereocenters. The van der Waals surface area contributed by atoms with Crippen LogP contribution in [0, 0.1) is 5.41 Å². The summed E-state index contributed by atoms with van der Waals surface area (Å²) < 4.78 is 7.29. The highest BCUT2D eigenvalue weighted by molar-refractivity contribution is 6.35. The van der Waals surface area contributed by atoms with Gasteiger partial charge in [-0.1, -0.05) is 75.0 Å². The van der Waals surface area contributed by atoms with Gasteiger partial charge in [-0.2, -0.15) is 0 Å². The Bertz CT molecular complexity index is 1140. The minimum absolute atomic E-state index is 0.0839. The summed E-state index contributed by atoms with van der Waals surface area (Å²) in [5.41, 5.74) is 1.45. The molecule has 3 aromatic rings. The molecule has 1 heterocycles. The SMILES string of the molecule is COc1ccc(NC2(c3nnnn3[C@H](C=Cc3ccc(Cl)cc3Cl)C(C)(C)C)CCCC2)cc1. The van der Waals surface area contributed by atoms with E-state index in [2.05, 4.69) is 47.7 Å². The van der Waals surface area contributed by atoms with Crippen LogP contribution >= 0.6 is 23.2 Å². The predicted molar refractivity (Wildman–Crippen MR) is 139 cm³/mol. The van der Waals surface area contributed by atoms with Gasteiger partial charge in [0.25, 0.3) is 0 Å². The van der Waals surface area contributed by atoms with Gasteiger partial charge in [0.05, 0.1) is 18.7 Å². The summed E-state index contributed by atoms with van der Waals surface area (Å²) >= 11 is 12.5. The predicted octanol–water partition coefficient (Wildman–Crippen LogP) is 7.17. The van der Waals surface area contributed by atoms with Gasteiger partial charge in [0.1, 0.15) is 5.75 Å². The molecule has 0 aliphatic heterocycles. The topological polar surface area (TPSA) is 64.9 Å². The smallest absolute Gasteiger partial charge is 0.177 e. The molecule has 6 nitrogen and oxygen atoms in total. The third kappa shape index (κ3) is 5.23. The fraction of sp³-hybridized carbons (Fsp3) is 0.423. The standard InChI is InChI=1S/C26H31Cl2N5O/c1-25(2,3)23(14-8-18-7-9-19(27)17-22(18)28)33-24(30-31-32-33)26(15-5-6-16-26)29-20-10-12-21(34-4)13-11-20/h7-14,17,23,29H,5-6,15-16H2,1-4H3/t23-/m1/s1. The number of benzene rings is 2. The van der Waals surface area contributed by atoms with Crippen molar-refractivity contribution in [2.75, 3.05) is 12.4 Å². The molecule has 1 atom stereocenters. The molecule has 1 fully saturated rings. The van der Waals surface area contributed by atoms with Gasteiger partial charge < -0.3 is 10.1 Å². The molecule has 1 aromatic heterocycles. The van der Waals surface area contributed by atoms with Crippen molar-refractivity contribution in [3.05, 3.63) is 70.0 Å². The molecule has 34 heavy (non-hydrogen) atoms. The van der Waals surface area contributed by atoms with Crippen LogP contribution in [0.25, 0.3) is 6.08 Å². The van der Waals surface area contributed by atoms with E-state index in [0.29, 0.717) is 10.0 Å². The Morgan fingerprint density at radius 2 is 1.79 bits per heavy atom. The summed E-state index contributed by atoms with van der Waals surface area (Å²) in [6.45, 7) is 6.57. The van der Waals surface area contributed by atoms with Crippen molar-refractivity contribution in [3.63, 3.8) is 0 Å². The molecular formula is C26H31Cl2N5O. The van der Waals surface area contributed by atoms with Crippen LogP contribution < -0.4 is 10.1 Å². The van der Waals surface area contributed by atoms with Crippen molar-refractivity contribution >= 4 is 35.0 Å². The Labute approximate surface area is 211 Å². The van der Waals surface area contributed by atoms with Crippen LogP contribution in [0.4, 0.5) is 5.69 Å². The first-order valence-corrected chi connectivity index (χ1v) is 12.3. The van der Waals surface area contributed by atoms with Crippen LogP contribution in [0.5, 0.6) is 5.75 Å². The summed E-state index contributed by atoms with van der Waals surface area (Å²) in [6.07, 6.45) is 8.31. The van der Waals surface area contributed by atoms with E-state index in [-0.39, 0.29) is 17.0 Å². The van der Waals surface area contributed by atoms with Crippen LogP contribution in [0.15, 0.2) is 48.5 Å². The average molecular weight is 500 g/mol. The van der Waals surface area contributed by atoms with Crippen molar-refractivity contribution in [3.8, 4) is 5.75 Å². The summed E-state index contributed by atoms with van der Waals surface area (Å²) in [4.78, 5) is 0. The molecule has 1 saturated carbocycles. The molecule has 0 bridgehead atoms. The van der Waals surface area contributed by atoms with Crippen molar-refractivity contribution in [1.82, 2.24) is 20.2 Å². The molecule has 0 amide bonds. The number of halogens is 2. The Kier molecular flexibility index (Phi) is 7.20. The fourth-order valence-corrected chi connectivity index (χ4v) is 5.07. The number of nitrogens with zero attached hydrogens (tertiary/aromatic N) is 4. The zero-order valence-electron chi connectivity index (χ0n) is 20.1. The lowest BCUT2D eigenvalue weighted by molar-refractivity contribution is 0.254. The Hall–Kier alpha value is -2.57. The Balaban J connectivity index is 1.71. The van der Waals surface area contributed by atoms with Crippen LogP contribution in [0.2, 0.25) is 10.0 Å². The number of methoxy groups -OCH3 is 1. The summed E-state index contributed by atoms with van der Waals surface area (Å²) in [5.74, 6) is 1.68. The zero-order chi connectivity index (χ0) is 24.3. The maximum Gasteiger partial charge on any atom is 0.177 e. The monoisotopic (exact) mass is 499 g/mol. The number of anilines is 1. The quantitative estimate of drug-likeness (QED) is 0.373. The number of hydrogen-bond acceptors (Lipinski definition) is 5. The molecular weight excluding hydrogens is 469 g/mol. The minimum atomic E-state index is -0.340. The van der Waals surface area contributed by atoms with Gasteiger partial charge in [0.2, 0.25) is 0 Å². The Morgan fingerprint density at radius 3 is 2.41 bits per heavy atom. The second kappa shape index (κ2) is 9.96. The molecule has 0 saturated heterocycles. The first-order chi connectivity index (χ1) is 16.2. The molecule has 0 spiro atoms. The number of allylic oxidation sites excluding steroid dienone is 1. The van der Waals surface area contributed by atoms with E-state index >= 15 is 0 Å². The van der Waals surface area contributed by atoms with Gasteiger partial charge in [-0.25, -0.2) is 4.68 Å². The summed E-state index contributed by atoms with van der Waals surface area (Å²) in [5, 5.41) is 18.2. The maximum absolute atomic E-state index is 6.42. The highest BCUT2D eigenvalue weighted by Crippen LogP contribution is 2.43. The molecule has 0 radical (unpaired) electrons. The molecule has 1 aliphatic carbocycles. The number of ether oxygens (including phenoxy) is 1. The summed E-state index contributed by atoms with van der Waals surface area (Å²) in [7, 11) is 1.67. The molecule has 1 aliphatic rings. The van der Waals surface area contributed by atoms with Gasteiger partial charge >= 0.3 is 0 Å². The van der Waals surface area contributed by atoms with E-state index in [1.54, 1.807) is 13.2 Å². The zero-order valence-corrected chi connectivity index (χ0v) is 21.6. The van der Waals surface area contributed by atoms with Crippen molar-refractivity contribution in [2.24, 2.45) is 5.41 Å². The normalized spacial score (nSPS) is 16.6. The number of rotatable bonds is 7. The lowest BCUT2D eigenvalue weighted by atomic mass is 9.85. The van der Waals surface area contributed by atoms with Gasteiger partial charge in [0.15, 0.2) is 5.82 Å². The van der Waals surface area contributed by atoms with Crippen LogP contribution in [-0.4, -0.2) is 27.3 Å². The van der Waals surface area contributed by atoms with Crippen LogP contribution in [-0.2, 0) is 5.54 Å². The van der Waals surface area contributed by atoms with E-state index in [4.69, 9.17) is 27.9 Å². The number of nitrogens with one attached hydrogen (secondary N) is 1. The van der Waals surface area contributed by atoms with Gasteiger partial charge in [-0.05, 0) is 70.6 Å². The number of aromatic nitrogens is 4. The first-order valence-electron chi connectivity index (χ1n) is 11.6. The highest BCUT2D eigenvalue weighted by Gasteiger charge is 2.42. The second-order valence-corrected chi connectivity index (χ2v) is 10.8. The molecule has 4 rings (SSSR count). The van der Waals surface area contributed by atoms with E-state index in [1.807, 2.05) is 47.2 Å². The van der Waals surface area contributed by atoms with Crippen molar-refractivity contribution in [1.29, 1.82) is 0 Å². The largest absolute Gasteiger partial charge is 0.497 e. The average Bonchev–Trinajstić information content (AvgIpc) is 3.45. The van der Waals surface area contributed by atoms with Crippen molar-refractivity contribution in [2.45, 2.75) is 58.0 Å². The molecule has 180 valence electrons. The van der Waals surface area contributed by atoms with E-state index in [1.165, 1.54) is 0 Å². The van der Waals surface area contributed by atoms with Gasteiger partial charge in [0, 0.05) is 15.7 Å². The number of tetrazole rings is 1. The fourth-order valence-electron chi connectivity index (χ4n) is 4.60. The lowest BCUT2D eigenvalue weighted by Crippen LogP contribution is -2.38. The first kappa shape index (κ1) is 24.6. The Morgan fingerprint density at radius 1 is 1.09 bits per heavy atom. The van der Waals surface area contributed by atoms with E-state index in [0.717, 1.165) is 48.5 Å². The third-order valence-electron chi connectivity index (χ3n) is 6.42. The van der Waals surface area contributed by atoms with Gasteiger partial charge in [-0.3, -0.25) is 0 Å². The van der Waals surface area contributed by atoms with Crippen LogP contribution in [0.1, 0.15) is 63.9 Å². The second-order valence-electron chi connectivity index (χ2n) is 9.93. The lowest BCUT2D eigenvalue weighted by Gasteiger charge is -2.35. The summed E-state index contributed by atoms with van der Waals surface area (Å²) in [6, 6.07) is 13.4. The van der Waals surface area contributed by atoms with E-state index < -0.39 is 0 Å². The molecule has 8 heteroatoms.